The van der Waals surface area contributed by atoms with E-state index in [2.05, 4.69) is 15.5 Å². The van der Waals surface area contributed by atoms with Crippen LogP contribution in [0.1, 0.15) is 29.2 Å². The zero-order valence-electron chi connectivity index (χ0n) is 14.3. The maximum Gasteiger partial charge on any atom is 0.268 e. The lowest BCUT2D eigenvalue weighted by Crippen LogP contribution is -2.33. The summed E-state index contributed by atoms with van der Waals surface area (Å²) in [5.74, 6) is 0.864. The molecular formula is C19H20N4O3. The summed E-state index contributed by atoms with van der Waals surface area (Å²) in [4.78, 5) is 16.9. The number of rotatable bonds is 6. The SMILES string of the molecule is O=C(NC[C@@H]1CCCO1)c1cccn1Cc1noc(-c2ccccc2)n1. The van der Waals surface area contributed by atoms with E-state index >= 15 is 0 Å². The average Bonchev–Trinajstić information content (AvgIpc) is 3.43. The van der Waals surface area contributed by atoms with Gasteiger partial charge in [0.05, 0.1) is 12.6 Å². The summed E-state index contributed by atoms with van der Waals surface area (Å²) in [6, 6.07) is 13.2. The highest BCUT2D eigenvalue weighted by Gasteiger charge is 2.18. The van der Waals surface area contributed by atoms with E-state index in [1.165, 1.54) is 0 Å². The van der Waals surface area contributed by atoms with Gasteiger partial charge in [0, 0.05) is 24.9 Å². The smallest absolute Gasteiger partial charge is 0.268 e. The van der Waals surface area contributed by atoms with Gasteiger partial charge < -0.3 is 19.1 Å². The first-order valence-electron chi connectivity index (χ1n) is 8.72. The second kappa shape index (κ2) is 7.53. The van der Waals surface area contributed by atoms with Crippen molar-refractivity contribution in [1.82, 2.24) is 20.0 Å². The largest absolute Gasteiger partial charge is 0.376 e. The molecule has 1 atom stereocenters. The maximum atomic E-state index is 12.4. The summed E-state index contributed by atoms with van der Waals surface area (Å²) >= 11 is 0. The number of nitrogens with one attached hydrogen (secondary N) is 1. The van der Waals surface area contributed by atoms with E-state index in [-0.39, 0.29) is 12.0 Å². The van der Waals surface area contributed by atoms with Gasteiger partial charge in [0.15, 0.2) is 5.82 Å². The van der Waals surface area contributed by atoms with E-state index in [4.69, 9.17) is 9.26 Å². The van der Waals surface area contributed by atoms with Gasteiger partial charge in [0.1, 0.15) is 5.69 Å². The summed E-state index contributed by atoms with van der Waals surface area (Å²) in [6.45, 7) is 1.68. The standard InChI is InChI=1S/C19H20N4O3/c24-18(20-12-15-8-5-11-25-15)16-9-4-10-23(16)13-17-21-19(26-22-17)14-6-2-1-3-7-14/h1-4,6-7,9-10,15H,5,8,11-13H2,(H,20,24)/t15-/m0/s1. The predicted octanol–water partition coefficient (Wildman–Crippen LogP) is 2.50. The molecule has 2 aromatic heterocycles. The highest BCUT2D eigenvalue weighted by Crippen LogP contribution is 2.17. The van der Waals surface area contributed by atoms with Crippen LogP contribution in [-0.2, 0) is 11.3 Å². The van der Waals surface area contributed by atoms with E-state index in [1.807, 2.05) is 47.2 Å². The lowest BCUT2D eigenvalue weighted by molar-refractivity contribution is 0.0850. The van der Waals surface area contributed by atoms with Crippen molar-refractivity contribution in [3.05, 3.63) is 60.2 Å². The number of carbonyl (C=O) groups excluding carboxylic acids is 1. The van der Waals surface area contributed by atoms with Crippen molar-refractivity contribution in [2.75, 3.05) is 13.2 Å². The van der Waals surface area contributed by atoms with Crippen LogP contribution in [0.25, 0.3) is 11.5 Å². The zero-order valence-corrected chi connectivity index (χ0v) is 14.3. The Balaban J connectivity index is 1.42. The number of benzene rings is 1. The summed E-state index contributed by atoms with van der Waals surface area (Å²) in [6.07, 6.45) is 4.00. The molecule has 4 rings (SSSR count). The number of aromatic nitrogens is 3. The van der Waals surface area contributed by atoms with Gasteiger partial charge in [0.2, 0.25) is 0 Å². The molecule has 0 spiro atoms. The van der Waals surface area contributed by atoms with Gasteiger partial charge >= 0.3 is 0 Å². The zero-order chi connectivity index (χ0) is 17.8. The Morgan fingerprint density at radius 3 is 2.92 bits per heavy atom. The van der Waals surface area contributed by atoms with Gasteiger partial charge in [-0.25, -0.2) is 0 Å². The first-order valence-corrected chi connectivity index (χ1v) is 8.72. The molecule has 1 saturated heterocycles. The Bertz CT molecular complexity index is 866. The van der Waals surface area contributed by atoms with Crippen molar-refractivity contribution in [3.8, 4) is 11.5 Å². The number of carbonyl (C=O) groups is 1. The van der Waals surface area contributed by atoms with Gasteiger partial charge in [-0.2, -0.15) is 4.98 Å². The predicted molar refractivity (Wildman–Crippen MR) is 94.6 cm³/mol. The molecule has 1 aliphatic rings. The summed E-state index contributed by atoms with van der Waals surface area (Å²) in [5.41, 5.74) is 1.43. The third kappa shape index (κ3) is 3.67. The Kier molecular flexibility index (Phi) is 4.79. The van der Waals surface area contributed by atoms with Crippen LogP contribution in [0.2, 0.25) is 0 Å². The van der Waals surface area contributed by atoms with Crippen LogP contribution in [0.3, 0.4) is 0 Å². The van der Waals surface area contributed by atoms with Crippen molar-refractivity contribution >= 4 is 5.91 Å². The van der Waals surface area contributed by atoms with E-state index in [9.17, 15) is 4.79 Å². The van der Waals surface area contributed by atoms with Gasteiger partial charge in [0.25, 0.3) is 11.8 Å². The van der Waals surface area contributed by atoms with Gasteiger partial charge in [-0.1, -0.05) is 23.4 Å². The minimum absolute atomic E-state index is 0.119. The van der Waals surface area contributed by atoms with Gasteiger partial charge in [-0.3, -0.25) is 4.79 Å². The molecule has 26 heavy (non-hydrogen) atoms. The van der Waals surface area contributed by atoms with Crippen LogP contribution in [0, 0.1) is 0 Å². The molecule has 1 amide bonds. The molecule has 1 fully saturated rings. The second-order valence-corrected chi connectivity index (χ2v) is 6.25. The van der Waals surface area contributed by atoms with Crippen molar-refractivity contribution in [1.29, 1.82) is 0 Å². The minimum atomic E-state index is -0.128. The fourth-order valence-corrected chi connectivity index (χ4v) is 3.03. The summed E-state index contributed by atoms with van der Waals surface area (Å²) in [7, 11) is 0. The molecule has 0 aliphatic carbocycles. The summed E-state index contributed by atoms with van der Waals surface area (Å²) in [5, 5.41) is 6.95. The van der Waals surface area contributed by atoms with Crippen LogP contribution in [0.4, 0.5) is 0 Å². The maximum absolute atomic E-state index is 12.4. The lowest BCUT2D eigenvalue weighted by Gasteiger charge is -2.12. The van der Waals surface area contributed by atoms with E-state index in [1.54, 1.807) is 6.07 Å². The molecule has 1 N–H and O–H groups in total. The molecule has 3 aromatic rings. The van der Waals surface area contributed by atoms with E-state index in [0.29, 0.717) is 30.5 Å². The number of hydrogen-bond donors (Lipinski definition) is 1. The van der Waals surface area contributed by atoms with Crippen molar-refractivity contribution in [2.45, 2.75) is 25.5 Å². The molecule has 1 aromatic carbocycles. The normalized spacial score (nSPS) is 16.7. The molecule has 3 heterocycles. The molecule has 0 unspecified atom stereocenters. The van der Waals surface area contributed by atoms with Crippen LogP contribution in [0.5, 0.6) is 0 Å². The fourth-order valence-electron chi connectivity index (χ4n) is 3.03. The van der Waals surface area contributed by atoms with Gasteiger partial charge in [-0.15, -0.1) is 0 Å². The Labute approximate surface area is 151 Å². The van der Waals surface area contributed by atoms with Crippen LogP contribution >= 0.6 is 0 Å². The number of amides is 1. The third-order valence-corrected chi connectivity index (χ3v) is 4.38. The van der Waals surface area contributed by atoms with Crippen LogP contribution < -0.4 is 5.32 Å². The molecule has 134 valence electrons. The highest BCUT2D eigenvalue weighted by molar-refractivity contribution is 5.92. The molecule has 0 radical (unpaired) electrons. The van der Waals surface area contributed by atoms with Crippen molar-refractivity contribution < 1.29 is 14.1 Å². The second-order valence-electron chi connectivity index (χ2n) is 6.25. The quantitative estimate of drug-likeness (QED) is 0.737. The summed E-state index contributed by atoms with van der Waals surface area (Å²) < 4.78 is 12.7. The Hall–Kier alpha value is -2.93. The molecule has 0 saturated carbocycles. The first-order chi connectivity index (χ1) is 12.8. The van der Waals surface area contributed by atoms with Crippen LogP contribution in [0.15, 0.2) is 53.2 Å². The van der Waals surface area contributed by atoms with Crippen molar-refractivity contribution in [3.63, 3.8) is 0 Å². The Morgan fingerprint density at radius 1 is 1.23 bits per heavy atom. The monoisotopic (exact) mass is 352 g/mol. The number of hydrogen-bond acceptors (Lipinski definition) is 5. The molecule has 7 nitrogen and oxygen atoms in total. The van der Waals surface area contributed by atoms with E-state index < -0.39 is 0 Å². The minimum Gasteiger partial charge on any atom is -0.376 e. The molecule has 0 bridgehead atoms. The average molecular weight is 352 g/mol. The Morgan fingerprint density at radius 2 is 2.12 bits per heavy atom. The number of ether oxygens (including phenoxy) is 1. The van der Waals surface area contributed by atoms with Crippen molar-refractivity contribution in [2.24, 2.45) is 0 Å². The third-order valence-electron chi connectivity index (χ3n) is 4.38. The van der Waals surface area contributed by atoms with Crippen LogP contribution in [-0.4, -0.2) is 39.9 Å². The topological polar surface area (TPSA) is 82.2 Å². The first kappa shape index (κ1) is 16.5. The molecule has 1 aliphatic heterocycles. The molecular weight excluding hydrogens is 332 g/mol. The van der Waals surface area contributed by atoms with Gasteiger partial charge in [-0.05, 0) is 37.1 Å². The molecule has 7 heteroatoms. The van der Waals surface area contributed by atoms with E-state index in [0.717, 1.165) is 25.0 Å². The fraction of sp³-hybridized carbons (Fsp3) is 0.316. The lowest BCUT2D eigenvalue weighted by atomic mass is 10.2. The highest BCUT2D eigenvalue weighted by atomic mass is 16.5. The number of nitrogens with zero attached hydrogens (tertiary/aromatic N) is 3.